The van der Waals surface area contributed by atoms with E-state index in [0.717, 1.165) is 0 Å². The molecule has 0 rings (SSSR count). The quantitative estimate of drug-likeness (QED) is 0.494. The Bertz CT molecular complexity index is 193. The molecule has 0 saturated carbocycles. The lowest BCUT2D eigenvalue weighted by Crippen LogP contribution is -2.40. The second-order valence-corrected chi connectivity index (χ2v) is 9.15. The number of ketones is 1. The molecule has 0 spiro atoms. The molecule has 0 aliphatic rings. The Morgan fingerprint density at radius 1 is 1.31 bits per heavy atom. The molecule has 0 radical (unpaired) electrons. The Kier molecular flexibility index (Phi) is 4.73. The summed E-state index contributed by atoms with van der Waals surface area (Å²) in [5.41, 5.74) is 5.80. The number of halogens is 1. The first-order valence-corrected chi connectivity index (χ1v) is 6.16. The number of alkyl halides is 1. The van der Waals surface area contributed by atoms with Gasteiger partial charge in [0, 0.05) is 4.75 Å². The molecule has 0 aliphatic carbocycles. The molecule has 1 atom stereocenters. The molecule has 0 aromatic heterocycles. The van der Waals surface area contributed by atoms with Gasteiger partial charge in [0.25, 0.3) is 0 Å². The average molecular weight is 315 g/mol. The van der Waals surface area contributed by atoms with Gasteiger partial charge in [-0.3, -0.25) is 4.79 Å². The van der Waals surface area contributed by atoms with Crippen LogP contribution in [0.3, 0.4) is 0 Å². The summed E-state index contributed by atoms with van der Waals surface area (Å²) in [6, 6.07) is 0. The summed E-state index contributed by atoms with van der Waals surface area (Å²) in [6.45, 7) is 9.96. The molecule has 0 aliphatic heterocycles. The Balaban J connectivity index is 4.30. The lowest BCUT2D eigenvalue weighted by molar-refractivity contribution is -0.119. The van der Waals surface area contributed by atoms with E-state index < -0.39 is 5.37 Å². The van der Waals surface area contributed by atoms with Crippen LogP contribution in [0.25, 0.3) is 0 Å². The summed E-state index contributed by atoms with van der Waals surface area (Å²) in [5, 5.41) is -0.410. The first kappa shape index (κ1) is 13.7. The van der Waals surface area contributed by atoms with E-state index in [2.05, 4.69) is 43.4 Å². The van der Waals surface area contributed by atoms with Crippen LogP contribution in [-0.4, -0.2) is 19.3 Å². The number of Topliss-reactive ketones (excluding diaryl/α,β-unsaturated/α-hetero) is 1. The summed E-state index contributed by atoms with van der Waals surface area (Å²) in [6.07, 6.45) is 0. The monoisotopic (exact) mass is 315 g/mol. The molecule has 78 valence electrons. The minimum Gasteiger partial charge on any atom is -0.313 e. The second kappa shape index (κ2) is 4.49. The molecule has 0 bridgehead atoms. The minimum absolute atomic E-state index is 0.0387. The van der Waals surface area contributed by atoms with Crippen molar-refractivity contribution in [2.24, 2.45) is 5.73 Å². The maximum Gasteiger partial charge on any atom is 0.174 e. The van der Waals surface area contributed by atoms with Gasteiger partial charge < -0.3 is 5.73 Å². The van der Waals surface area contributed by atoms with Gasteiger partial charge in [-0.15, -0.1) is 11.8 Å². The Morgan fingerprint density at radius 3 is 1.92 bits per heavy atom. The van der Waals surface area contributed by atoms with Gasteiger partial charge in [0.15, 0.2) is 5.78 Å². The summed E-state index contributed by atoms with van der Waals surface area (Å²) in [5.74, 6) is 0.105. The van der Waals surface area contributed by atoms with E-state index in [1.54, 1.807) is 0 Å². The highest BCUT2D eigenvalue weighted by Crippen LogP contribution is 2.30. The van der Waals surface area contributed by atoms with Crippen LogP contribution in [0.1, 0.15) is 34.6 Å². The summed E-state index contributed by atoms with van der Waals surface area (Å²) >= 11 is 3.64. The van der Waals surface area contributed by atoms with Gasteiger partial charge in [0.05, 0.1) is 3.42 Å². The van der Waals surface area contributed by atoms with Gasteiger partial charge in [-0.1, -0.05) is 43.4 Å². The van der Waals surface area contributed by atoms with Crippen LogP contribution < -0.4 is 5.73 Å². The number of hydrogen-bond acceptors (Lipinski definition) is 3. The number of carbonyl (C=O) groups is 1. The maximum atomic E-state index is 11.7. The van der Waals surface area contributed by atoms with Crippen molar-refractivity contribution in [2.45, 2.75) is 48.2 Å². The maximum absolute atomic E-state index is 11.7. The van der Waals surface area contributed by atoms with Crippen molar-refractivity contribution in [1.82, 2.24) is 0 Å². The summed E-state index contributed by atoms with van der Waals surface area (Å²) in [7, 11) is 0. The average Bonchev–Trinajstić information content (AvgIpc) is 1.79. The summed E-state index contributed by atoms with van der Waals surface area (Å²) in [4.78, 5) is 11.7. The van der Waals surface area contributed by atoms with E-state index >= 15 is 0 Å². The third kappa shape index (κ3) is 5.91. The highest BCUT2D eigenvalue weighted by atomic mass is 127. The molecule has 0 heterocycles. The van der Waals surface area contributed by atoms with E-state index in [1.807, 2.05) is 13.8 Å². The molecule has 0 fully saturated rings. The highest BCUT2D eigenvalue weighted by molar-refractivity contribution is 14.1. The van der Waals surface area contributed by atoms with Crippen LogP contribution in [0.2, 0.25) is 0 Å². The van der Waals surface area contributed by atoms with Crippen molar-refractivity contribution in [2.75, 3.05) is 0 Å². The topological polar surface area (TPSA) is 43.1 Å². The summed E-state index contributed by atoms with van der Waals surface area (Å²) < 4.78 is -0.327. The highest BCUT2D eigenvalue weighted by Gasteiger charge is 2.31. The Hall–Kier alpha value is 0.710. The van der Waals surface area contributed by atoms with Crippen LogP contribution in [-0.2, 0) is 4.79 Å². The predicted molar refractivity (Wildman–Crippen MR) is 68.4 cm³/mol. The zero-order chi connectivity index (χ0) is 10.9. The number of thioether (sulfide) groups is 1. The fourth-order valence-electron chi connectivity index (χ4n) is 0.773. The molecule has 2 N–H and O–H groups in total. The largest absolute Gasteiger partial charge is 0.313 e. The molecule has 4 heteroatoms. The molecule has 0 amide bonds. The molecular weight excluding hydrogens is 297 g/mol. The van der Waals surface area contributed by atoms with Crippen LogP contribution in [0.15, 0.2) is 0 Å². The van der Waals surface area contributed by atoms with Crippen molar-refractivity contribution < 1.29 is 4.79 Å². The van der Waals surface area contributed by atoms with E-state index in [-0.39, 0.29) is 14.0 Å². The zero-order valence-corrected chi connectivity index (χ0v) is 11.8. The molecular formula is C9H18INOS. The van der Waals surface area contributed by atoms with Crippen molar-refractivity contribution in [3.63, 3.8) is 0 Å². The van der Waals surface area contributed by atoms with E-state index in [4.69, 9.17) is 5.73 Å². The minimum atomic E-state index is -0.410. The number of carbonyl (C=O) groups excluding carboxylic acids is 1. The SMILES string of the molecule is CC(C)(C)S[C@H](N)C(=O)C(C)(C)I. The third-order valence-corrected chi connectivity index (χ3v) is 3.03. The zero-order valence-electron chi connectivity index (χ0n) is 8.85. The van der Waals surface area contributed by atoms with Crippen LogP contribution in [0, 0.1) is 0 Å². The third-order valence-electron chi connectivity index (χ3n) is 1.32. The van der Waals surface area contributed by atoms with E-state index in [1.165, 1.54) is 11.8 Å². The first-order chi connectivity index (χ1) is 5.54. The lowest BCUT2D eigenvalue weighted by atomic mass is 10.1. The molecule has 0 saturated heterocycles. The Labute approximate surface area is 98.5 Å². The van der Waals surface area contributed by atoms with Gasteiger partial charge in [-0.25, -0.2) is 0 Å². The van der Waals surface area contributed by atoms with Gasteiger partial charge in [-0.05, 0) is 13.8 Å². The van der Waals surface area contributed by atoms with Crippen LogP contribution >= 0.6 is 34.4 Å². The van der Waals surface area contributed by atoms with Crippen molar-refractivity contribution in [3.8, 4) is 0 Å². The van der Waals surface area contributed by atoms with Crippen molar-refractivity contribution in [1.29, 1.82) is 0 Å². The van der Waals surface area contributed by atoms with Crippen molar-refractivity contribution in [3.05, 3.63) is 0 Å². The van der Waals surface area contributed by atoms with Crippen LogP contribution in [0.5, 0.6) is 0 Å². The predicted octanol–water partition coefficient (Wildman–Crippen LogP) is 2.59. The smallest absolute Gasteiger partial charge is 0.174 e. The van der Waals surface area contributed by atoms with Gasteiger partial charge in [-0.2, -0.15) is 0 Å². The normalized spacial score (nSPS) is 15.6. The van der Waals surface area contributed by atoms with Gasteiger partial charge in [0.2, 0.25) is 0 Å². The molecule has 0 aromatic rings. The first-order valence-electron chi connectivity index (χ1n) is 4.20. The fraction of sp³-hybridized carbons (Fsp3) is 0.889. The van der Waals surface area contributed by atoms with E-state index in [0.29, 0.717) is 0 Å². The molecule has 0 aromatic carbocycles. The van der Waals surface area contributed by atoms with Gasteiger partial charge in [0.1, 0.15) is 5.37 Å². The Morgan fingerprint density at radius 2 is 1.69 bits per heavy atom. The number of rotatable bonds is 3. The van der Waals surface area contributed by atoms with Gasteiger partial charge >= 0.3 is 0 Å². The van der Waals surface area contributed by atoms with Crippen molar-refractivity contribution >= 4 is 40.1 Å². The van der Waals surface area contributed by atoms with Crippen LogP contribution in [0.4, 0.5) is 0 Å². The number of hydrogen-bond donors (Lipinski definition) is 1. The molecule has 0 unspecified atom stereocenters. The second-order valence-electron chi connectivity index (χ2n) is 4.49. The van der Waals surface area contributed by atoms with E-state index in [9.17, 15) is 4.79 Å². The number of nitrogens with two attached hydrogens (primary N) is 1. The standard InChI is InChI=1S/C9H18INOS/c1-8(2,3)13-7(11)6(12)9(4,5)10/h7H,11H2,1-5H3/t7-/m0/s1. The molecule has 13 heavy (non-hydrogen) atoms. The lowest BCUT2D eigenvalue weighted by Gasteiger charge is -2.25. The fourth-order valence-corrected chi connectivity index (χ4v) is 2.48. The molecule has 2 nitrogen and oxygen atoms in total.